The monoisotopic (exact) mass is 358 g/mol. The Morgan fingerprint density at radius 3 is 2.81 bits per heavy atom. The van der Waals surface area contributed by atoms with Crippen LogP contribution in [0.3, 0.4) is 0 Å². The van der Waals surface area contributed by atoms with Gasteiger partial charge in [0.2, 0.25) is 5.78 Å². The number of carbonyl (C=O) groups excluding carboxylic acids is 2. The molecule has 1 amide bonds. The fraction of sp³-hybridized carbons (Fsp3) is 0.611. The molecular formula is C18H26N6O2. The summed E-state index contributed by atoms with van der Waals surface area (Å²) in [4.78, 5) is 30.2. The van der Waals surface area contributed by atoms with Gasteiger partial charge in [0, 0.05) is 44.9 Å². The number of aryl methyl sites for hydroxylation is 1. The first-order valence-electron chi connectivity index (χ1n) is 9.19. The van der Waals surface area contributed by atoms with Crippen LogP contribution in [0.5, 0.6) is 0 Å². The van der Waals surface area contributed by atoms with Gasteiger partial charge in [-0.3, -0.25) is 9.59 Å². The quantitative estimate of drug-likeness (QED) is 0.730. The number of hydrogen-bond donors (Lipinski definition) is 0. The SMILES string of the molecule is CCCC(=O)C(=O)N1CCCC(c2nnc(Cn3ccnc3C)n2C)C1. The van der Waals surface area contributed by atoms with E-state index in [2.05, 4.69) is 15.2 Å². The van der Waals surface area contributed by atoms with Crippen LogP contribution in [0.15, 0.2) is 12.4 Å². The molecule has 1 fully saturated rings. The maximum atomic E-state index is 12.3. The third kappa shape index (κ3) is 3.68. The molecule has 1 aliphatic rings. The van der Waals surface area contributed by atoms with E-state index >= 15 is 0 Å². The van der Waals surface area contributed by atoms with Crippen molar-refractivity contribution >= 4 is 11.7 Å². The average molecular weight is 358 g/mol. The smallest absolute Gasteiger partial charge is 0.289 e. The summed E-state index contributed by atoms with van der Waals surface area (Å²) < 4.78 is 4.03. The molecule has 2 aromatic rings. The van der Waals surface area contributed by atoms with Crippen LogP contribution < -0.4 is 0 Å². The van der Waals surface area contributed by atoms with Crippen molar-refractivity contribution < 1.29 is 9.59 Å². The molecule has 0 aliphatic carbocycles. The van der Waals surface area contributed by atoms with Gasteiger partial charge in [-0.15, -0.1) is 10.2 Å². The zero-order chi connectivity index (χ0) is 18.7. The van der Waals surface area contributed by atoms with Gasteiger partial charge in [0.1, 0.15) is 11.6 Å². The fourth-order valence-electron chi connectivity index (χ4n) is 3.47. The van der Waals surface area contributed by atoms with Crippen LogP contribution in [0.2, 0.25) is 0 Å². The molecule has 8 nitrogen and oxygen atoms in total. The van der Waals surface area contributed by atoms with Crippen LogP contribution in [-0.4, -0.2) is 54.0 Å². The molecule has 26 heavy (non-hydrogen) atoms. The lowest BCUT2D eigenvalue weighted by Gasteiger charge is -2.31. The molecule has 1 saturated heterocycles. The van der Waals surface area contributed by atoms with E-state index in [-0.39, 0.29) is 17.6 Å². The number of piperidine rings is 1. The van der Waals surface area contributed by atoms with Crippen molar-refractivity contribution in [3.8, 4) is 0 Å². The summed E-state index contributed by atoms with van der Waals surface area (Å²) in [5, 5.41) is 8.72. The van der Waals surface area contributed by atoms with Crippen molar-refractivity contribution in [2.45, 2.75) is 52.0 Å². The lowest BCUT2D eigenvalue weighted by atomic mass is 9.96. The minimum Gasteiger partial charge on any atom is -0.335 e. The lowest BCUT2D eigenvalue weighted by Crippen LogP contribution is -2.43. The number of imidazole rings is 1. The predicted molar refractivity (Wildman–Crippen MR) is 95.5 cm³/mol. The largest absolute Gasteiger partial charge is 0.335 e. The summed E-state index contributed by atoms with van der Waals surface area (Å²) in [6.07, 6.45) is 6.52. The predicted octanol–water partition coefficient (Wildman–Crippen LogP) is 1.44. The average Bonchev–Trinajstić information content (AvgIpc) is 3.21. The number of Topliss-reactive ketones (excluding diaryl/α,β-unsaturated/α-hetero) is 1. The fourth-order valence-corrected chi connectivity index (χ4v) is 3.47. The first-order chi connectivity index (χ1) is 12.5. The Kier molecular flexibility index (Phi) is 5.49. The molecule has 2 aromatic heterocycles. The molecular weight excluding hydrogens is 332 g/mol. The molecule has 1 atom stereocenters. The summed E-state index contributed by atoms with van der Waals surface area (Å²) in [6, 6.07) is 0. The van der Waals surface area contributed by atoms with Crippen molar-refractivity contribution in [2.75, 3.05) is 13.1 Å². The highest BCUT2D eigenvalue weighted by molar-refractivity contribution is 6.36. The second kappa shape index (κ2) is 7.80. The topological polar surface area (TPSA) is 85.9 Å². The summed E-state index contributed by atoms with van der Waals surface area (Å²) in [5.74, 6) is 2.12. The van der Waals surface area contributed by atoms with Crippen LogP contribution in [0.4, 0.5) is 0 Å². The van der Waals surface area contributed by atoms with Crippen molar-refractivity contribution in [3.63, 3.8) is 0 Å². The second-order valence-electron chi connectivity index (χ2n) is 6.90. The van der Waals surface area contributed by atoms with Gasteiger partial charge in [0.05, 0.1) is 6.54 Å². The molecule has 1 aliphatic heterocycles. The van der Waals surface area contributed by atoms with Crippen LogP contribution in [0.1, 0.15) is 56.0 Å². The van der Waals surface area contributed by atoms with E-state index in [0.717, 1.165) is 30.3 Å². The van der Waals surface area contributed by atoms with E-state index in [9.17, 15) is 9.59 Å². The number of ketones is 1. The molecule has 0 bridgehead atoms. The summed E-state index contributed by atoms with van der Waals surface area (Å²) >= 11 is 0. The van der Waals surface area contributed by atoms with Gasteiger partial charge in [0.15, 0.2) is 5.82 Å². The van der Waals surface area contributed by atoms with Gasteiger partial charge in [-0.1, -0.05) is 6.92 Å². The van der Waals surface area contributed by atoms with E-state index in [1.807, 2.05) is 36.2 Å². The van der Waals surface area contributed by atoms with Gasteiger partial charge >= 0.3 is 0 Å². The summed E-state index contributed by atoms with van der Waals surface area (Å²) in [7, 11) is 1.96. The Hall–Kier alpha value is -2.51. The van der Waals surface area contributed by atoms with E-state index in [1.165, 1.54) is 0 Å². The van der Waals surface area contributed by atoms with Crippen molar-refractivity contribution in [1.29, 1.82) is 0 Å². The Labute approximate surface area is 153 Å². The number of likely N-dealkylation sites (tertiary alicyclic amines) is 1. The summed E-state index contributed by atoms with van der Waals surface area (Å²) in [5.41, 5.74) is 0. The molecule has 8 heteroatoms. The number of carbonyl (C=O) groups is 2. The van der Waals surface area contributed by atoms with Gasteiger partial charge in [-0.05, 0) is 26.2 Å². The Balaban J connectivity index is 1.72. The highest BCUT2D eigenvalue weighted by Gasteiger charge is 2.30. The molecule has 0 saturated carbocycles. The molecule has 3 rings (SSSR count). The van der Waals surface area contributed by atoms with E-state index < -0.39 is 0 Å². The Morgan fingerprint density at radius 1 is 1.31 bits per heavy atom. The highest BCUT2D eigenvalue weighted by Crippen LogP contribution is 2.26. The van der Waals surface area contributed by atoms with Crippen molar-refractivity contribution in [2.24, 2.45) is 7.05 Å². The van der Waals surface area contributed by atoms with Crippen molar-refractivity contribution in [1.82, 2.24) is 29.2 Å². The van der Waals surface area contributed by atoms with E-state index in [1.54, 1.807) is 11.1 Å². The zero-order valence-corrected chi connectivity index (χ0v) is 15.7. The number of rotatable bonds is 6. The minimum atomic E-state index is -0.354. The maximum absolute atomic E-state index is 12.3. The zero-order valence-electron chi connectivity index (χ0n) is 15.7. The van der Waals surface area contributed by atoms with Gasteiger partial charge in [0.25, 0.3) is 5.91 Å². The molecule has 140 valence electrons. The van der Waals surface area contributed by atoms with Gasteiger partial charge < -0.3 is 14.0 Å². The first-order valence-corrected chi connectivity index (χ1v) is 9.19. The van der Waals surface area contributed by atoms with Crippen LogP contribution in [-0.2, 0) is 23.2 Å². The van der Waals surface area contributed by atoms with Crippen molar-refractivity contribution in [3.05, 3.63) is 29.9 Å². The molecule has 0 spiro atoms. The minimum absolute atomic E-state index is 0.109. The number of hydrogen-bond acceptors (Lipinski definition) is 5. The highest BCUT2D eigenvalue weighted by atomic mass is 16.2. The third-order valence-corrected chi connectivity index (χ3v) is 5.02. The van der Waals surface area contributed by atoms with Crippen LogP contribution >= 0.6 is 0 Å². The van der Waals surface area contributed by atoms with Gasteiger partial charge in [-0.2, -0.15) is 0 Å². The molecule has 0 radical (unpaired) electrons. The number of amides is 1. The molecule has 0 N–H and O–H groups in total. The lowest BCUT2D eigenvalue weighted by molar-refractivity contribution is -0.145. The molecule has 3 heterocycles. The van der Waals surface area contributed by atoms with E-state index in [4.69, 9.17) is 0 Å². The Morgan fingerprint density at radius 2 is 2.12 bits per heavy atom. The summed E-state index contributed by atoms with van der Waals surface area (Å²) in [6.45, 7) is 5.65. The Bertz CT molecular complexity index is 793. The van der Waals surface area contributed by atoms with Gasteiger partial charge in [-0.25, -0.2) is 4.98 Å². The van der Waals surface area contributed by atoms with Crippen LogP contribution in [0, 0.1) is 6.92 Å². The number of nitrogens with zero attached hydrogens (tertiary/aromatic N) is 6. The second-order valence-corrected chi connectivity index (χ2v) is 6.90. The first kappa shape index (κ1) is 18.3. The number of aromatic nitrogens is 5. The molecule has 1 unspecified atom stereocenters. The van der Waals surface area contributed by atoms with E-state index in [0.29, 0.717) is 32.5 Å². The standard InChI is InChI=1S/C18H26N6O2/c1-4-6-15(25)18(26)24-9-5-7-14(11-24)17-21-20-16(22(17)3)12-23-10-8-19-13(23)2/h8,10,14H,4-7,9,11-12H2,1-3H3. The third-order valence-electron chi connectivity index (χ3n) is 5.02. The molecule has 0 aromatic carbocycles. The van der Waals surface area contributed by atoms with Crippen LogP contribution in [0.25, 0.3) is 0 Å². The maximum Gasteiger partial charge on any atom is 0.289 e. The normalized spacial score (nSPS) is 17.5.